The van der Waals surface area contributed by atoms with Crippen LogP contribution >= 0.6 is 0 Å². The summed E-state index contributed by atoms with van der Waals surface area (Å²) in [4.78, 5) is 10.7. The zero-order valence-electron chi connectivity index (χ0n) is 7.89. The first kappa shape index (κ1) is 11.2. The van der Waals surface area contributed by atoms with Gasteiger partial charge in [-0.25, -0.2) is 0 Å². The highest BCUT2D eigenvalue weighted by Gasteiger charge is 1.93. The van der Waals surface area contributed by atoms with Gasteiger partial charge < -0.3 is 10.6 Å². The Labute approximate surface area is 74.2 Å². The third kappa shape index (κ3) is 7.28. The summed E-state index contributed by atoms with van der Waals surface area (Å²) in [6.45, 7) is 10.1. The van der Waals surface area contributed by atoms with Crippen molar-refractivity contribution < 1.29 is 4.79 Å². The summed E-state index contributed by atoms with van der Waals surface area (Å²) in [5.74, 6) is 0.543. The summed E-state index contributed by atoms with van der Waals surface area (Å²) in [6, 6.07) is 0. The number of nitrogens with one attached hydrogen (secondary N) is 2. The molecule has 0 aliphatic rings. The Balaban J connectivity index is 3.11. The SMILES string of the molecule is C=CC(=O)NCCNCC(C)C. The van der Waals surface area contributed by atoms with Crippen LogP contribution in [0.25, 0.3) is 0 Å². The third-order valence-corrected chi connectivity index (χ3v) is 1.34. The van der Waals surface area contributed by atoms with Crippen LogP contribution in [0.15, 0.2) is 12.7 Å². The number of amides is 1. The van der Waals surface area contributed by atoms with E-state index in [2.05, 4.69) is 31.1 Å². The van der Waals surface area contributed by atoms with Gasteiger partial charge in [-0.2, -0.15) is 0 Å². The molecule has 12 heavy (non-hydrogen) atoms. The average Bonchev–Trinajstić information content (AvgIpc) is 2.03. The molecule has 0 fully saturated rings. The Morgan fingerprint density at radius 1 is 1.50 bits per heavy atom. The fourth-order valence-electron chi connectivity index (χ4n) is 0.737. The molecule has 0 bridgehead atoms. The minimum atomic E-state index is -0.110. The Morgan fingerprint density at radius 3 is 2.67 bits per heavy atom. The summed E-state index contributed by atoms with van der Waals surface area (Å²) in [7, 11) is 0. The van der Waals surface area contributed by atoms with Gasteiger partial charge in [0.1, 0.15) is 0 Å². The number of hydrogen-bond donors (Lipinski definition) is 2. The molecule has 0 aromatic heterocycles. The van der Waals surface area contributed by atoms with Crippen LogP contribution in [0.5, 0.6) is 0 Å². The summed E-state index contributed by atoms with van der Waals surface area (Å²) in [5.41, 5.74) is 0. The molecular weight excluding hydrogens is 152 g/mol. The van der Waals surface area contributed by atoms with Gasteiger partial charge in [0.2, 0.25) is 5.91 Å². The van der Waals surface area contributed by atoms with Gasteiger partial charge >= 0.3 is 0 Å². The Kier molecular flexibility index (Phi) is 6.38. The molecule has 0 aliphatic heterocycles. The number of carbonyl (C=O) groups excluding carboxylic acids is 1. The Hall–Kier alpha value is -0.830. The van der Waals surface area contributed by atoms with Crippen LogP contribution in [0, 0.1) is 5.92 Å². The molecule has 0 aliphatic carbocycles. The molecule has 3 nitrogen and oxygen atoms in total. The van der Waals surface area contributed by atoms with E-state index in [0.717, 1.165) is 13.1 Å². The van der Waals surface area contributed by atoms with Gasteiger partial charge in [0.15, 0.2) is 0 Å². The molecule has 0 heterocycles. The molecule has 0 saturated heterocycles. The van der Waals surface area contributed by atoms with Gasteiger partial charge in [-0.05, 0) is 18.5 Å². The number of rotatable bonds is 6. The van der Waals surface area contributed by atoms with E-state index in [4.69, 9.17) is 0 Å². The lowest BCUT2D eigenvalue weighted by Gasteiger charge is -2.06. The van der Waals surface area contributed by atoms with Crippen LogP contribution in [-0.2, 0) is 4.79 Å². The lowest BCUT2D eigenvalue weighted by atomic mass is 10.2. The predicted molar refractivity (Wildman–Crippen MR) is 50.9 cm³/mol. The molecular formula is C9H18N2O. The van der Waals surface area contributed by atoms with Crippen molar-refractivity contribution in [3.8, 4) is 0 Å². The summed E-state index contributed by atoms with van der Waals surface area (Å²) >= 11 is 0. The maximum absolute atomic E-state index is 10.7. The van der Waals surface area contributed by atoms with Gasteiger partial charge in [-0.15, -0.1) is 0 Å². The number of hydrogen-bond acceptors (Lipinski definition) is 2. The first-order valence-corrected chi connectivity index (χ1v) is 4.27. The first-order valence-electron chi connectivity index (χ1n) is 4.27. The first-order chi connectivity index (χ1) is 5.66. The van der Waals surface area contributed by atoms with Gasteiger partial charge in [0.05, 0.1) is 0 Å². The van der Waals surface area contributed by atoms with Crippen molar-refractivity contribution in [2.24, 2.45) is 5.92 Å². The molecule has 70 valence electrons. The maximum Gasteiger partial charge on any atom is 0.243 e. The quantitative estimate of drug-likeness (QED) is 0.451. The van der Waals surface area contributed by atoms with Crippen molar-refractivity contribution in [1.29, 1.82) is 0 Å². The molecule has 1 amide bonds. The average molecular weight is 170 g/mol. The number of carbonyl (C=O) groups is 1. The molecule has 0 unspecified atom stereocenters. The van der Waals surface area contributed by atoms with E-state index in [-0.39, 0.29) is 5.91 Å². The molecule has 0 aromatic rings. The van der Waals surface area contributed by atoms with Crippen LogP contribution in [0.1, 0.15) is 13.8 Å². The largest absolute Gasteiger partial charge is 0.351 e. The summed E-state index contributed by atoms with van der Waals surface area (Å²) < 4.78 is 0. The van der Waals surface area contributed by atoms with Gasteiger partial charge in [0.25, 0.3) is 0 Å². The molecule has 0 saturated carbocycles. The highest BCUT2D eigenvalue weighted by Crippen LogP contribution is 1.85. The Bertz CT molecular complexity index is 143. The molecule has 0 radical (unpaired) electrons. The predicted octanol–water partition coefficient (Wildman–Crippen LogP) is 0.534. The highest BCUT2D eigenvalue weighted by molar-refractivity contribution is 5.86. The van der Waals surface area contributed by atoms with Crippen molar-refractivity contribution in [3.63, 3.8) is 0 Å². The second-order valence-corrected chi connectivity index (χ2v) is 3.09. The third-order valence-electron chi connectivity index (χ3n) is 1.34. The van der Waals surface area contributed by atoms with E-state index >= 15 is 0 Å². The Morgan fingerprint density at radius 2 is 2.17 bits per heavy atom. The minimum absolute atomic E-state index is 0.110. The molecule has 0 atom stereocenters. The van der Waals surface area contributed by atoms with Crippen LogP contribution in [0.4, 0.5) is 0 Å². The maximum atomic E-state index is 10.7. The fraction of sp³-hybridized carbons (Fsp3) is 0.667. The molecule has 2 N–H and O–H groups in total. The van der Waals surface area contributed by atoms with Crippen molar-refractivity contribution in [3.05, 3.63) is 12.7 Å². The fourth-order valence-corrected chi connectivity index (χ4v) is 0.737. The normalized spacial score (nSPS) is 9.92. The van der Waals surface area contributed by atoms with E-state index in [0.29, 0.717) is 12.5 Å². The lowest BCUT2D eigenvalue weighted by Crippen LogP contribution is -2.32. The van der Waals surface area contributed by atoms with Crippen molar-refractivity contribution in [2.45, 2.75) is 13.8 Å². The van der Waals surface area contributed by atoms with E-state index in [1.165, 1.54) is 6.08 Å². The molecule has 3 heteroatoms. The van der Waals surface area contributed by atoms with Crippen LogP contribution < -0.4 is 10.6 Å². The van der Waals surface area contributed by atoms with E-state index in [1.54, 1.807) is 0 Å². The zero-order chi connectivity index (χ0) is 9.40. The molecule has 0 rings (SSSR count). The topological polar surface area (TPSA) is 41.1 Å². The second-order valence-electron chi connectivity index (χ2n) is 3.09. The standard InChI is InChI=1S/C9H18N2O/c1-4-9(12)11-6-5-10-7-8(2)3/h4,8,10H,1,5-7H2,2-3H3,(H,11,12). The van der Waals surface area contributed by atoms with Crippen molar-refractivity contribution in [1.82, 2.24) is 10.6 Å². The smallest absolute Gasteiger partial charge is 0.243 e. The second kappa shape index (κ2) is 6.85. The minimum Gasteiger partial charge on any atom is -0.351 e. The summed E-state index contributed by atoms with van der Waals surface area (Å²) in [5, 5.41) is 5.90. The van der Waals surface area contributed by atoms with E-state index < -0.39 is 0 Å². The summed E-state index contributed by atoms with van der Waals surface area (Å²) in [6.07, 6.45) is 1.28. The van der Waals surface area contributed by atoms with Crippen molar-refractivity contribution in [2.75, 3.05) is 19.6 Å². The van der Waals surface area contributed by atoms with Crippen LogP contribution in [0.2, 0.25) is 0 Å². The molecule has 0 spiro atoms. The lowest BCUT2D eigenvalue weighted by molar-refractivity contribution is -0.116. The van der Waals surface area contributed by atoms with Crippen LogP contribution in [0.3, 0.4) is 0 Å². The zero-order valence-corrected chi connectivity index (χ0v) is 7.89. The van der Waals surface area contributed by atoms with E-state index in [1.807, 2.05) is 0 Å². The van der Waals surface area contributed by atoms with Crippen LogP contribution in [-0.4, -0.2) is 25.5 Å². The highest BCUT2D eigenvalue weighted by atomic mass is 16.1. The monoisotopic (exact) mass is 170 g/mol. The van der Waals surface area contributed by atoms with Crippen molar-refractivity contribution >= 4 is 5.91 Å². The molecule has 0 aromatic carbocycles. The van der Waals surface area contributed by atoms with E-state index in [9.17, 15) is 4.79 Å². The van der Waals surface area contributed by atoms with Gasteiger partial charge in [-0.3, -0.25) is 4.79 Å². The van der Waals surface area contributed by atoms with Gasteiger partial charge in [0, 0.05) is 13.1 Å². The van der Waals surface area contributed by atoms with Gasteiger partial charge in [-0.1, -0.05) is 20.4 Å².